The van der Waals surface area contributed by atoms with Gasteiger partial charge < -0.3 is 5.32 Å². The van der Waals surface area contributed by atoms with Crippen LogP contribution >= 0.6 is 23.4 Å². The lowest BCUT2D eigenvalue weighted by atomic mass is 10.1. The predicted molar refractivity (Wildman–Crippen MR) is 98.3 cm³/mol. The maximum atomic E-state index is 12.2. The zero-order valence-corrected chi connectivity index (χ0v) is 14.6. The first-order chi connectivity index (χ1) is 11.6. The molecule has 0 spiro atoms. The fraction of sp³-hybridized carbons (Fsp3) is 0.167. The van der Waals surface area contributed by atoms with Crippen molar-refractivity contribution in [1.82, 2.24) is 15.3 Å². The number of benzene rings is 2. The number of carbonyl (C=O) groups excluding carboxylic acids is 1. The third-order valence-electron chi connectivity index (χ3n) is 3.60. The summed E-state index contributed by atoms with van der Waals surface area (Å²) >= 11 is 7.57. The van der Waals surface area contributed by atoms with E-state index in [-0.39, 0.29) is 17.7 Å². The van der Waals surface area contributed by atoms with Gasteiger partial charge in [-0.05, 0) is 24.6 Å². The first-order valence-corrected chi connectivity index (χ1v) is 8.88. The van der Waals surface area contributed by atoms with Gasteiger partial charge in [0.05, 0.1) is 17.3 Å². The van der Waals surface area contributed by atoms with Crippen LogP contribution in [-0.2, 0) is 4.79 Å². The van der Waals surface area contributed by atoms with Gasteiger partial charge in [-0.1, -0.05) is 59.8 Å². The fourth-order valence-corrected chi connectivity index (χ4v) is 3.52. The van der Waals surface area contributed by atoms with Gasteiger partial charge in [0.15, 0.2) is 0 Å². The van der Waals surface area contributed by atoms with Crippen LogP contribution in [0.15, 0.2) is 59.9 Å². The number of nitrogens with zero attached hydrogens (tertiary/aromatic N) is 2. The van der Waals surface area contributed by atoms with Crippen LogP contribution < -0.4 is 5.32 Å². The molecular formula is C18H16ClN3OS. The molecule has 6 heteroatoms. The SMILES string of the molecule is CC(NC(=O)CSc1ncnc2ccccc12)c1ccccc1Cl. The molecule has 1 N–H and O–H groups in total. The van der Waals surface area contributed by atoms with Crippen molar-refractivity contribution >= 4 is 40.2 Å². The summed E-state index contributed by atoms with van der Waals surface area (Å²) in [6.07, 6.45) is 1.52. The summed E-state index contributed by atoms with van der Waals surface area (Å²) in [5.74, 6) is 0.227. The molecule has 1 heterocycles. The molecule has 0 aliphatic heterocycles. The molecule has 0 aliphatic carbocycles. The number of hydrogen-bond donors (Lipinski definition) is 1. The maximum Gasteiger partial charge on any atom is 0.230 e. The molecule has 2 aromatic carbocycles. The van der Waals surface area contributed by atoms with Crippen molar-refractivity contribution in [3.63, 3.8) is 0 Å². The second-order valence-electron chi connectivity index (χ2n) is 5.30. The Hall–Kier alpha value is -2.11. The number of halogens is 1. The second-order valence-corrected chi connectivity index (χ2v) is 6.67. The molecule has 1 amide bonds. The molecule has 4 nitrogen and oxygen atoms in total. The number of carbonyl (C=O) groups is 1. The minimum Gasteiger partial charge on any atom is -0.349 e. The Morgan fingerprint density at radius 1 is 1.17 bits per heavy atom. The fourth-order valence-electron chi connectivity index (χ4n) is 2.42. The summed E-state index contributed by atoms with van der Waals surface area (Å²) < 4.78 is 0. The zero-order valence-electron chi connectivity index (χ0n) is 13.1. The number of aromatic nitrogens is 2. The Morgan fingerprint density at radius 3 is 2.75 bits per heavy atom. The van der Waals surface area contributed by atoms with E-state index in [2.05, 4.69) is 15.3 Å². The van der Waals surface area contributed by atoms with Crippen molar-refractivity contribution in [2.24, 2.45) is 0 Å². The molecule has 0 bridgehead atoms. The number of amides is 1. The Bertz CT molecular complexity index is 866. The van der Waals surface area contributed by atoms with Crippen molar-refractivity contribution < 1.29 is 4.79 Å². The van der Waals surface area contributed by atoms with Gasteiger partial charge in [-0.2, -0.15) is 0 Å². The summed E-state index contributed by atoms with van der Waals surface area (Å²) in [6, 6.07) is 15.1. The number of rotatable bonds is 5. The van der Waals surface area contributed by atoms with Gasteiger partial charge in [-0.3, -0.25) is 4.79 Å². The summed E-state index contributed by atoms with van der Waals surface area (Å²) in [5, 5.41) is 5.38. The topological polar surface area (TPSA) is 54.9 Å². The average molecular weight is 358 g/mol. The van der Waals surface area contributed by atoms with E-state index in [9.17, 15) is 4.79 Å². The van der Waals surface area contributed by atoms with Crippen LogP contribution in [0.1, 0.15) is 18.5 Å². The Labute approximate surface area is 149 Å². The highest BCUT2D eigenvalue weighted by atomic mass is 35.5. The van der Waals surface area contributed by atoms with Gasteiger partial charge in [0.1, 0.15) is 11.4 Å². The quantitative estimate of drug-likeness (QED) is 0.547. The number of hydrogen-bond acceptors (Lipinski definition) is 4. The van der Waals surface area contributed by atoms with Crippen LogP contribution in [0, 0.1) is 0 Å². The highest BCUT2D eigenvalue weighted by Crippen LogP contribution is 2.25. The van der Waals surface area contributed by atoms with E-state index < -0.39 is 0 Å². The van der Waals surface area contributed by atoms with Crippen LogP contribution in [0.3, 0.4) is 0 Å². The van der Waals surface area contributed by atoms with Crippen molar-refractivity contribution in [3.05, 3.63) is 65.4 Å². The molecule has 1 unspecified atom stereocenters. The van der Waals surface area contributed by atoms with Crippen LogP contribution in [0.4, 0.5) is 0 Å². The molecule has 1 aromatic heterocycles. The lowest BCUT2D eigenvalue weighted by Gasteiger charge is -2.15. The molecule has 0 fully saturated rings. The smallest absolute Gasteiger partial charge is 0.230 e. The molecule has 3 rings (SSSR count). The summed E-state index contributed by atoms with van der Waals surface area (Å²) in [7, 11) is 0. The minimum atomic E-state index is -0.144. The first-order valence-electron chi connectivity index (χ1n) is 7.51. The number of nitrogens with one attached hydrogen (secondary N) is 1. The largest absolute Gasteiger partial charge is 0.349 e. The maximum absolute atomic E-state index is 12.2. The first kappa shape index (κ1) is 16.7. The summed E-state index contributed by atoms with van der Waals surface area (Å²) in [5.41, 5.74) is 1.78. The Morgan fingerprint density at radius 2 is 1.92 bits per heavy atom. The molecule has 0 saturated heterocycles. The normalized spacial score (nSPS) is 12.1. The van der Waals surface area contributed by atoms with Gasteiger partial charge in [0.25, 0.3) is 0 Å². The average Bonchev–Trinajstić information content (AvgIpc) is 2.60. The molecule has 24 heavy (non-hydrogen) atoms. The van der Waals surface area contributed by atoms with Crippen LogP contribution in [0.25, 0.3) is 10.9 Å². The van der Waals surface area contributed by atoms with E-state index in [4.69, 9.17) is 11.6 Å². The monoisotopic (exact) mass is 357 g/mol. The lowest BCUT2D eigenvalue weighted by Crippen LogP contribution is -2.28. The molecule has 122 valence electrons. The van der Waals surface area contributed by atoms with Crippen LogP contribution in [-0.4, -0.2) is 21.6 Å². The third kappa shape index (κ3) is 3.86. The van der Waals surface area contributed by atoms with E-state index in [1.807, 2.05) is 55.5 Å². The number of para-hydroxylation sites is 1. The highest BCUT2D eigenvalue weighted by Gasteiger charge is 2.13. The summed E-state index contributed by atoms with van der Waals surface area (Å²) in [4.78, 5) is 20.7. The molecule has 0 saturated carbocycles. The molecule has 0 radical (unpaired) electrons. The molecule has 1 atom stereocenters. The van der Waals surface area contributed by atoms with Crippen molar-refractivity contribution in [1.29, 1.82) is 0 Å². The van der Waals surface area contributed by atoms with E-state index in [1.54, 1.807) is 0 Å². The standard InChI is InChI=1S/C18H16ClN3OS/c1-12(13-6-2-4-8-15(13)19)22-17(23)10-24-18-14-7-3-5-9-16(14)20-11-21-18/h2-9,11-12H,10H2,1H3,(H,22,23). The van der Waals surface area contributed by atoms with E-state index in [1.165, 1.54) is 18.1 Å². The van der Waals surface area contributed by atoms with Crippen molar-refractivity contribution in [2.45, 2.75) is 18.0 Å². The zero-order chi connectivity index (χ0) is 16.9. The van der Waals surface area contributed by atoms with Gasteiger partial charge in [0.2, 0.25) is 5.91 Å². The van der Waals surface area contributed by atoms with Crippen molar-refractivity contribution in [3.8, 4) is 0 Å². The second kappa shape index (κ2) is 7.64. The third-order valence-corrected chi connectivity index (χ3v) is 4.94. The number of thioether (sulfide) groups is 1. The predicted octanol–water partition coefficient (Wildman–Crippen LogP) is 4.25. The lowest BCUT2D eigenvalue weighted by molar-refractivity contribution is -0.119. The highest BCUT2D eigenvalue weighted by molar-refractivity contribution is 8.00. The molecular weight excluding hydrogens is 342 g/mol. The molecule has 3 aromatic rings. The van der Waals surface area contributed by atoms with Crippen LogP contribution in [0.2, 0.25) is 5.02 Å². The number of fused-ring (bicyclic) bond motifs is 1. The summed E-state index contributed by atoms with van der Waals surface area (Å²) in [6.45, 7) is 1.92. The van der Waals surface area contributed by atoms with Crippen LogP contribution in [0.5, 0.6) is 0 Å². The van der Waals surface area contributed by atoms with Crippen molar-refractivity contribution in [2.75, 3.05) is 5.75 Å². The van der Waals surface area contributed by atoms with E-state index in [0.29, 0.717) is 5.02 Å². The molecule has 0 aliphatic rings. The van der Waals surface area contributed by atoms with Gasteiger partial charge in [-0.15, -0.1) is 0 Å². The van der Waals surface area contributed by atoms with E-state index >= 15 is 0 Å². The van der Waals surface area contributed by atoms with Gasteiger partial charge in [0, 0.05) is 10.4 Å². The Kier molecular flexibility index (Phi) is 5.33. The minimum absolute atomic E-state index is 0.0601. The van der Waals surface area contributed by atoms with Gasteiger partial charge >= 0.3 is 0 Å². The van der Waals surface area contributed by atoms with E-state index in [0.717, 1.165) is 21.5 Å². The Balaban J connectivity index is 1.64. The van der Waals surface area contributed by atoms with Gasteiger partial charge in [-0.25, -0.2) is 9.97 Å².